The van der Waals surface area contributed by atoms with Crippen LogP contribution in [-0.4, -0.2) is 5.91 Å². The van der Waals surface area contributed by atoms with Crippen molar-refractivity contribution < 1.29 is 9.18 Å². The summed E-state index contributed by atoms with van der Waals surface area (Å²) in [5, 5.41) is 5.23. The number of thiophene rings is 1. The molecule has 1 amide bonds. The van der Waals surface area contributed by atoms with Gasteiger partial charge in [-0.15, -0.1) is 11.3 Å². The van der Waals surface area contributed by atoms with Crippen LogP contribution in [0.3, 0.4) is 0 Å². The molecule has 3 rings (SSSR count). The Kier molecular flexibility index (Phi) is 3.31. The molecule has 1 atom stereocenters. The van der Waals surface area contributed by atoms with E-state index in [0.717, 1.165) is 4.88 Å². The summed E-state index contributed by atoms with van der Waals surface area (Å²) in [5.41, 5.74) is 5.94. The lowest BCUT2D eigenvalue weighted by molar-refractivity contribution is -0.124. The molecule has 1 aromatic heterocycles. The minimum absolute atomic E-state index is 0.261. The highest BCUT2D eigenvalue weighted by Gasteiger charge is 2.44. The van der Waals surface area contributed by atoms with Gasteiger partial charge in [0.25, 0.3) is 0 Å². The Morgan fingerprint density at radius 2 is 2.25 bits per heavy atom. The maximum atomic E-state index is 13.8. The molecular formula is C15H15FN2OS. The number of carbonyl (C=O) groups excluding carboxylic acids is 1. The number of rotatable bonds is 4. The predicted octanol–water partition coefficient (Wildman–Crippen LogP) is 2.30. The topological polar surface area (TPSA) is 55.1 Å². The van der Waals surface area contributed by atoms with Gasteiger partial charge in [0.05, 0.1) is 0 Å². The van der Waals surface area contributed by atoms with Crippen molar-refractivity contribution in [3.8, 4) is 0 Å². The van der Waals surface area contributed by atoms with Crippen LogP contribution in [0.1, 0.15) is 22.4 Å². The second-order valence-corrected chi connectivity index (χ2v) is 6.00. The van der Waals surface area contributed by atoms with Crippen LogP contribution in [0.4, 0.5) is 4.39 Å². The fourth-order valence-corrected chi connectivity index (χ4v) is 3.48. The molecular weight excluding hydrogens is 275 g/mol. The van der Waals surface area contributed by atoms with Crippen LogP contribution in [0.5, 0.6) is 0 Å². The maximum Gasteiger partial charge on any atom is 0.242 e. The summed E-state index contributed by atoms with van der Waals surface area (Å²) in [6.07, 6.45) is 1.03. The summed E-state index contributed by atoms with van der Waals surface area (Å²) in [4.78, 5) is 13.1. The third kappa shape index (κ3) is 2.03. The molecule has 1 aliphatic rings. The summed E-state index contributed by atoms with van der Waals surface area (Å²) in [6.45, 7) is 0.552. The van der Waals surface area contributed by atoms with Crippen molar-refractivity contribution in [1.82, 2.24) is 5.32 Å². The van der Waals surface area contributed by atoms with Crippen LogP contribution in [0.15, 0.2) is 35.7 Å². The summed E-state index contributed by atoms with van der Waals surface area (Å²) in [7, 11) is 0. The molecule has 0 aliphatic heterocycles. The summed E-state index contributed by atoms with van der Waals surface area (Å²) in [5.74, 6) is -0.707. The number of hydrogen-bond acceptors (Lipinski definition) is 3. The van der Waals surface area contributed by atoms with Gasteiger partial charge >= 0.3 is 0 Å². The zero-order valence-corrected chi connectivity index (χ0v) is 11.7. The number of nitrogens with one attached hydrogen (secondary N) is 1. The standard InChI is InChI=1S/C15H15FN2OS/c16-13-5-1-4-12-11(13)6-7-15(12,14(17)19)18-9-10-3-2-8-20-10/h1-5,8,18H,6-7,9H2,(H2,17,19). The number of fused-ring (bicyclic) bond motifs is 1. The second kappa shape index (κ2) is 5.00. The molecule has 1 aromatic carbocycles. The number of carbonyl (C=O) groups is 1. The normalized spacial score (nSPS) is 20.9. The van der Waals surface area contributed by atoms with Gasteiger partial charge in [0.2, 0.25) is 5.91 Å². The highest BCUT2D eigenvalue weighted by atomic mass is 32.1. The number of benzene rings is 1. The Balaban J connectivity index is 1.95. The Morgan fingerprint density at radius 1 is 1.40 bits per heavy atom. The molecule has 0 fully saturated rings. The van der Waals surface area contributed by atoms with E-state index < -0.39 is 11.4 Å². The largest absolute Gasteiger partial charge is 0.368 e. The molecule has 2 aromatic rings. The zero-order valence-electron chi connectivity index (χ0n) is 10.9. The predicted molar refractivity (Wildman–Crippen MR) is 76.8 cm³/mol. The van der Waals surface area contributed by atoms with E-state index in [0.29, 0.717) is 30.5 Å². The number of halogens is 1. The third-order valence-electron chi connectivity index (χ3n) is 3.89. The number of amides is 1. The molecule has 1 aliphatic carbocycles. The van der Waals surface area contributed by atoms with Gasteiger partial charge in [0, 0.05) is 11.4 Å². The SMILES string of the molecule is NC(=O)C1(NCc2cccs2)CCc2c(F)cccc21. The summed E-state index contributed by atoms with van der Waals surface area (Å²) < 4.78 is 13.8. The van der Waals surface area contributed by atoms with Crippen molar-refractivity contribution in [3.05, 3.63) is 57.5 Å². The Labute approximate surface area is 120 Å². The lowest BCUT2D eigenvalue weighted by Crippen LogP contribution is -2.50. The van der Waals surface area contributed by atoms with E-state index in [-0.39, 0.29) is 5.82 Å². The van der Waals surface area contributed by atoms with Crippen LogP contribution in [0, 0.1) is 5.82 Å². The smallest absolute Gasteiger partial charge is 0.242 e. The molecule has 3 N–H and O–H groups in total. The van der Waals surface area contributed by atoms with Crippen molar-refractivity contribution >= 4 is 17.2 Å². The van der Waals surface area contributed by atoms with Crippen molar-refractivity contribution in [2.75, 3.05) is 0 Å². The van der Waals surface area contributed by atoms with Crippen molar-refractivity contribution in [2.24, 2.45) is 5.73 Å². The first kappa shape index (κ1) is 13.3. The van der Waals surface area contributed by atoms with E-state index in [1.165, 1.54) is 6.07 Å². The van der Waals surface area contributed by atoms with Gasteiger partial charge in [0.15, 0.2) is 0 Å². The van der Waals surface area contributed by atoms with E-state index in [4.69, 9.17) is 5.73 Å². The first-order chi connectivity index (χ1) is 9.63. The summed E-state index contributed by atoms with van der Waals surface area (Å²) >= 11 is 1.61. The highest BCUT2D eigenvalue weighted by molar-refractivity contribution is 7.09. The van der Waals surface area contributed by atoms with Gasteiger partial charge in [-0.05, 0) is 41.5 Å². The maximum absolute atomic E-state index is 13.8. The minimum Gasteiger partial charge on any atom is -0.368 e. The number of primary amides is 1. The molecule has 3 nitrogen and oxygen atoms in total. The van der Waals surface area contributed by atoms with Crippen LogP contribution in [0.25, 0.3) is 0 Å². The van der Waals surface area contributed by atoms with Crippen molar-refractivity contribution in [2.45, 2.75) is 24.9 Å². The van der Waals surface area contributed by atoms with Gasteiger partial charge in [-0.25, -0.2) is 4.39 Å². The first-order valence-electron chi connectivity index (χ1n) is 6.49. The highest BCUT2D eigenvalue weighted by Crippen LogP contribution is 2.38. The molecule has 20 heavy (non-hydrogen) atoms. The second-order valence-electron chi connectivity index (χ2n) is 4.97. The average Bonchev–Trinajstić information content (AvgIpc) is 3.05. The van der Waals surface area contributed by atoms with E-state index in [1.807, 2.05) is 17.5 Å². The average molecular weight is 290 g/mol. The molecule has 5 heteroatoms. The lowest BCUT2D eigenvalue weighted by Gasteiger charge is -2.28. The van der Waals surface area contributed by atoms with Crippen LogP contribution in [-0.2, 0) is 23.3 Å². The van der Waals surface area contributed by atoms with E-state index in [9.17, 15) is 9.18 Å². The fraction of sp³-hybridized carbons (Fsp3) is 0.267. The molecule has 0 bridgehead atoms. The molecule has 0 spiro atoms. The molecule has 0 saturated heterocycles. The molecule has 1 heterocycles. The van der Waals surface area contributed by atoms with Crippen molar-refractivity contribution in [3.63, 3.8) is 0 Å². The monoisotopic (exact) mass is 290 g/mol. The molecule has 1 unspecified atom stereocenters. The zero-order chi connectivity index (χ0) is 14.2. The van der Waals surface area contributed by atoms with E-state index in [1.54, 1.807) is 23.5 Å². The van der Waals surface area contributed by atoms with Gasteiger partial charge in [0.1, 0.15) is 11.4 Å². The van der Waals surface area contributed by atoms with Gasteiger partial charge in [-0.2, -0.15) is 0 Å². The molecule has 0 radical (unpaired) electrons. The third-order valence-corrected chi connectivity index (χ3v) is 4.77. The Bertz CT molecular complexity index is 641. The van der Waals surface area contributed by atoms with Gasteiger partial charge < -0.3 is 5.73 Å². The number of hydrogen-bond donors (Lipinski definition) is 2. The Hall–Kier alpha value is -1.72. The van der Waals surface area contributed by atoms with Gasteiger partial charge in [-0.3, -0.25) is 10.1 Å². The number of nitrogens with two attached hydrogens (primary N) is 1. The first-order valence-corrected chi connectivity index (χ1v) is 7.36. The van der Waals surface area contributed by atoms with Gasteiger partial charge in [-0.1, -0.05) is 18.2 Å². The van der Waals surface area contributed by atoms with Crippen molar-refractivity contribution in [1.29, 1.82) is 0 Å². The molecule has 0 saturated carbocycles. The van der Waals surface area contributed by atoms with Crippen LogP contribution >= 0.6 is 11.3 Å². The van der Waals surface area contributed by atoms with Crippen LogP contribution < -0.4 is 11.1 Å². The van der Waals surface area contributed by atoms with E-state index in [2.05, 4.69) is 5.32 Å². The summed E-state index contributed by atoms with van der Waals surface area (Å²) in [6, 6.07) is 8.80. The lowest BCUT2D eigenvalue weighted by atomic mass is 9.90. The fourth-order valence-electron chi connectivity index (χ4n) is 2.84. The Morgan fingerprint density at radius 3 is 2.95 bits per heavy atom. The quantitative estimate of drug-likeness (QED) is 0.908. The minimum atomic E-state index is -0.957. The van der Waals surface area contributed by atoms with Crippen LogP contribution in [0.2, 0.25) is 0 Å². The van der Waals surface area contributed by atoms with E-state index >= 15 is 0 Å². The molecule has 104 valence electrons.